The molecule has 108 valence electrons. The van der Waals surface area contributed by atoms with Crippen molar-refractivity contribution in [3.8, 4) is 11.5 Å². The minimum atomic E-state index is -4.63. The highest BCUT2D eigenvalue weighted by atomic mass is 19.4. The van der Waals surface area contributed by atoms with Gasteiger partial charge in [0.25, 0.3) is 0 Å². The van der Waals surface area contributed by atoms with Crippen LogP contribution in [0.25, 0.3) is 10.9 Å². The molecule has 20 heavy (non-hydrogen) atoms. The molecule has 2 aromatic rings. The molecule has 0 radical (unpaired) electrons. The van der Waals surface area contributed by atoms with Gasteiger partial charge in [-0.2, -0.15) is 13.2 Å². The van der Waals surface area contributed by atoms with Gasteiger partial charge in [-0.25, -0.2) is 0 Å². The van der Waals surface area contributed by atoms with Gasteiger partial charge in [0.2, 0.25) is 0 Å². The Kier molecular flexibility index (Phi) is 3.37. The number of aromatic nitrogens is 1. The van der Waals surface area contributed by atoms with E-state index in [1.54, 1.807) is 0 Å². The lowest BCUT2D eigenvalue weighted by Crippen LogP contribution is -2.19. The number of aromatic amines is 1. The third-order valence-corrected chi connectivity index (χ3v) is 3.02. The van der Waals surface area contributed by atoms with Crippen molar-refractivity contribution in [3.05, 3.63) is 33.6 Å². The standard InChI is InChI=1S/C13H12F3NO3/c1-6-11(18)10-8(17-12(6)13(14,15)16)4-7(19-2)5-9(10)20-3/h4-5H,1-3H3,(H,17,18). The number of pyridine rings is 1. The zero-order valence-electron chi connectivity index (χ0n) is 11.0. The number of H-pyrrole nitrogens is 1. The number of nitrogens with one attached hydrogen (secondary N) is 1. The Morgan fingerprint density at radius 3 is 2.30 bits per heavy atom. The summed E-state index contributed by atoms with van der Waals surface area (Å²) >= 11 is 0. The number of hydrogen-bond acceptors (Lipinski definition) is 3. The van der Waals surface area contributed by atoms with Crippen LogP contribution in [0.4, 0.5) is 13.2 Å². The smallest absolute Gasteiger partial charge is 0.431 e. The first-order valence-corrected chi connectivity index (χ1v) is 5.65. The summed E-state index contributed by atoms with van der Waals surface area (Å²) in [5, 5.41) is 0.0683. The SMILES string of the molecule is COc1cc(OC)c2c(=O)c(C)c(C(F)(F)F)[nH]c2c1. The predicted octanol–water partition coefficient (Wildman–Crippen LogP) is 2.87. The molecule has 0 unspecified atom stereocenters. The number of fused-ring (bicyclic) bond motifs is 1. The topological polar surface area (TPSA) is 51.3 Å². The molecule has 2 rings (SSSR count). The molecular weight excluding hydrogens is 275 g/mol. The second-order valence-corrected chi connectivity index (χ2v) is 4.20. The molecule has 0 aliphatic carbocycles. The maximum absolute atomic E-state index is 12.9. The van der Waals surface area contributed by atoms with E-state index in [0.717, 1.165) is 6.92 Å². The van der Waals surface area contributed by atoms with Gasteiger partial charge in [0.1, 0.15) is 17.2 Å². The van der Waals surface area contributed by atoms with Crippen molar-refractivity contribution in [2.24, 2.45) is 0 Å². The molecule has 1 N–H and O–H groups in total. The Hall–Kier alpha value is -2.18. The van der Waals surface area contributed by atoms with Gasteiger partial charge >= 0.3 is 6.18 Å². The van der Waals surface area contributed by atoms with Crippen LogP contribution in [0.3, 0.4) is 0 Å². The van der Waals surface area contributed by atoms with Gasteiger partial charge in [0.15, 0.2) is 5.43 Å². The maximum atomic E-state index is 12.9. The molecule has 0 aliphatic heterocycles. The molecule has 1 aromatic heterocycles. The lowest BCUT2D eigenvalue weighted by Gasteiger charge is -2.14. The summed E-state index contributed by atoms with van der Waals surface area (Å²) in [6.07, 6.45) is -4.63. The van der Waals surface area contributed by atoms with Crippen molar-refractivity contribution in [1.29, 1.82) is 0 Å². The number of methoxy groups -OCH3 is 2. The lowest BCUT2D eigenvalue weighted by molar-refractivity contribution is -0.141. The summed E-state index contributed by atoms with van der Waals surface area (Å²) in [7, 11) is 2.71. The van der Waals surface area contributed by atoms with Gasteiger partial charge in [-0.1, -0.05) is 0 Å². The molecule has 0 amide bonds. The Labute approximate surface area is 112 Å². The third kappa shape index (κ3) is 2.19. The summed E-state index contributed by atoms with van der Waals surface area (Å²) in [6.45, 7) is 1.13. The average molecular weight is 287 g/mol. The summed E-state index contributed by atoms with van der Waals surface area (Å²) in [5.41, 5.74) is -2.16. The molecule has 0 saturated carbocycles. The molecule has 0 spiro atoms. The van der Waals surface area contributed by atoms with E-state index in [-0.39, 0.29) is 16.7 Å². The number of hydrogen-bond donors (Lipinski definition) is 1. The van der Waals surface area contributed by atoms with Crippen molar-refractivity contribution >= 4 is 10.9 Å². The molecule has 0 fully saturated rings. The van der Waals surface area contributed by atoms with E-state index >= 15 is 0 Å². The van der Waals surface area contributed by atoms with Crippen LogP contribution < -0.4 is 14.9 Å². The van der Waals surface area contributed by atoms with Gasteiger partial charge in [-0.3, -0.25) is 4.79 Å². The second kappa shape index (κ2) is 4.73. The number of halogens is 3. The van der Waals surface area contributed by atoms with E-state index < -0.39 is 22.9 Å². The lowest BCUT2D eigenvalue weighted by atomic mass is 10.1. The summed E-state index contributed by atoms with van der Waals surface area (Å²) in [5.74, 6) is 0.458. The van der Waals surface area contributed by atoms with E-state index in [2.05, 4.69) is 4.98 Å². The minimum absolute atomic E-state index is 0.0177. The van der Waals surface area contributed by atoms with E-state index in [1.165, 1.54) is 26.4 Å². The fourth-order valence-corrected chi connectivity index (χ4v) is 2.01. The highest BCUT2D eigenvalue weighted by molar-refractivity contribution is 5.87. The van der Waals surface area contributed by atoms with Crippen molar-refractivity contribution in [3.63, 3.8) is 0 Å². The Bertz CT molecular complexity index is 719. The molecule has 7 heteroatoms. The summed E-state index contributed by atoms with van der Waals surface area (Å²) in [6, 6.07) is 2.78. The van der Waals surface area contributed by atoms with E-state index in [9.17, 15) is 18.0 Å². The molecule has 0 bridgehead atoms. The van der Waals surface area contributed by atoms with E-state index in [1.807, 2.05) is 0 Å². The largest absolute Gasteiger partial charge is 0.497 e. The van der Waals surface area contributed by atoms with Gasteiger partial charge in [0, 0.05) is 17.7 Å². The van der Waals surface area contributed by atoms with Crippen LogP contribution in [0.1, 0.15) is 11.3 Å². The molecule has 0 atom stereocenters. The number of benzene rings is 1. The average Bonchev–Trinajstić information content (AvgIpc) is 2.39. The van der Waals surface area contributed by atoms with Crippen molar-refractivity contribution < 1.29 is 22.6 Å². The zero-order chi connectivity index (χ0) is 15.1. The fraction of sp³-hybridized carbons (Fsp3) is 0.308. The number of alkyl halides is 3. The molecule has 1 aromatic carbocycles. The molecule has 0 saturated heterocycles. The molecular formula is C13H12F3NO3. The number of ether oxygens (including phenoxy) is 2. The quantitative estimate of drug-likeness (QED) is 0.924. The Balaban J connectivity index is 2.94. The third-order valence-electron chi connectivity index (χ3n) is 3.02. The predicted molar refractivity (Wildman–Crippen MR) is 67.4 cm³/mol. The van der Waals surface area contributed by atoms with E-state index in [4.69, 9.17) is 9.47 Å². The monoisotopic (exact) mass is 287 g/mol. The maximum Gasteiger partial charge on any atom is 0.431 e. The Morgan fingerprint density at radius 1 is 1.15 bits per heavy atom. The van der Waals surface area contributed by atoms with Crippen LogP contribution in [0, 0.1) is 6.92 Å². The van der Waals surface area contributed by atoms with Gasteiger partial charge in [-0.05, 0) is 6.92 Å². The minimum Gasteiger partial charge on any atom is -0.497 e. The normalized spacial score (nSPS) is 11.7. The summed E-state index contributed by atoms with van der Waals surface area (Å²) < 4.78 is 48.7. The Morgan fingerprint density at radius 2 is 1.80 bits per heavy atom. The van der Waals surface area contributed by atoms with Crippen LogP contribution in [0.5, 0.6) is 11.5 Å². The second-order valence-electron chi connectivity index (χ2n) is 4.20. The van der Waals surface area contributed by atoms with Gasteiger partial charge in [0.05, 0.1) is 25.1 Å². The first-order chi connectivity index (χ1) is 9.29. The van der Waals surface area contributed by atoms with Gasteiger partial charge < -0.3 is 14.5 Å². The van der Waals surface area contributed by atoms with Gasteiger partial charge in [-0.15, -0.1) is 0 Å². The first-order valence-electron chi connectivity index (χ1n) is 5.65. The van der Waals surface area contributed by atoms with Crippen molar-refractivity contribution in [2.75, 3.05) is 14.2 Å². The van der Waals surface area contributed by atoms with Crippen LogP contribution in [-0.4, -0.2) is 19.2 Å². The van der Waals surface area contributed by atoms with Crippen LogP contribution in [0.15, 0.2) is 16.9 Å². The van der Waals surface area contributed by atoms with Crippen LogP contribution in [0.2, 0.25) is 0 Å². The fourth-order valence-electron chi connectivity index (χ4n) is 2.01. The van der Waals surface area contributed by atoms with Crippen molar-refractivity contribution in [2.45, 2.75) is 13.1 Å². The zero-order valence-corrected chi connectivity index (χ0v) is 11.0. The highest BCUT2D eigenvalue weighted by Gasteiger charge is 2.35. The first kappa shape index (κ1) is 14.2. The highest BCUT2D eigenvalue weighted by Crippen LogP contribution is 2.33. The van der Waals surface area contributed by atoms with E-state index in [0.29, 0.717) is 5.75 Å². The summed E-state index contributed by atoms with van der Waals surface area (Å²) in [4.78, 5) is 14.4. The van der Waals surface area contributed by atoms with Crippen LogP contribution in [-0.2, 0) is 6.18 Å². The molecule has 0 aliphatic rings. The number of rotatable bonds is 2. The molecule has 4 nitrogen and oxygen atoms in total. The van der Waals surface area contributed by atoms with Crippen molar-refractivity contribution in [1.82, 2.24) is 4.98 Å². The van der Waals surface area contributed by atoms with Crippen LogP contribution >= 0.6 is 0 Å². The molecule has 1 heterocycles.